The Hall–Kier alpha value is -2.64. The van der Waals surface area contributed by atoms with Gasteiger partial charge in [-0.05, 0) is 24.1 Å². The average Bonchev–Trinajstić information content (AvgIpc) is 3.42. The Balaban J connectivity index is 1.37. The van der Waals surface area contributed by atoms with E-state index in [2.05, 4.69) is 62.2 Å². The molecule has 0 spiro atoms. The third-order valence-electron chi connectivity index (χ3n) is 4.51. The molecule has 1 N–H and O–H groups in total. The van der Waals surface area contributed by atoms with Crippen molar-refractivity contribution in [1.29, 1.82) is 0 Å². The number of imidazole rings is 1. The Bertz CT molecular complexity index is 1220. The summed E-state index contributed by atoms with van der Waals surface area (Å²) in [5.41, 5.74) is 5.63. The summed E-state index contributed by atoms with van der Waals surface area (Å²) >= 11 is 3.36. The van der Waals surface area contributed by atoms with Crippen molar-refractivity contribution in [3.05, 3.63) is 65.2 Å². The lowest BCUT2D eigenvalue weighted by Gasteiger charge is -1.99. The zero-order chi connectivity index (χ0) is 18.2. The molecule has 27 heavy (non-hydrogen) atoms. The molecule has 0 aliphatic heterocycles. The number of hydrogen-bond acceptors (Lipinski definition) is 5. The minimum absolute atomic E-state index is 0.772. The predicted octanol–water partition coefficient (Wildman–Crippen LogP) is 5.19. The molecule has 0 fully saturated rings. The van der Waals surface area contributed by atoms with Crippen LogP contribution < -0.4 is 0 Å². The second-order valence-electron chi connectivity index (χ2n) is 6.25. The van der Waals surface area contributed by atoms with Gasteiger partial charge in [0.2, 0.25) is 5.78 Å². The lowest BCUT2D eigenvalue weighted by molar-refractivity contribution is 0.939. The van der Waals surface area contributed by atoms with E-state index in [0.717, 1.165) is 44.8 Å². The van der Waals surface area contributed by atoms with E-state index in [1.165, 1.54) is 11.1 Å². The van der Waals surface area contributed by atoms with Gasteiger partial charge in [0.25, 0.3) is 0 Å². The van der Waals surface area contributed by atoms with Gasteiger partial charge in [-0.2, -0.15) is 0 Å². The van der Waals surface area contributed by atoms with Crippen molar-refractivity contribution >= 4 is 39.9 Å². The fraction of sp³-hybridized carbons (Fsp3) is 0.150. The molecule has 5 rings (SSSR count). The number of thioether (sulfide) groups is 1. The normalized spacial score (nSPS) is 11.6. The van der Waals surface area contributed by atoms with Crippen LogP contribution in [-0.4, -0.2) is 24.6 Å². The summed E-state index contributed by atoms with van der Waals surface area (Å²) in [6, 6.07) is 16.8. The molecule has 0 unspecified atom stereocenters. The van der Waals surface area contributed by atoms with Crippen molar-refractivity contribution in [3.63, 3.8) is 0 Å². The molecule has 0 saturated carbocycles. The number of aryl methyl sites for hydroxylation is 1. The van der Waals surface area contributed by atoms with E-state index in [1.807, 2.05) is 18.2 Å². The molecular weight excluding hydrogens is 374 g/mol. The van der Waals surface area contributed by atoms with Crippen molar-refractivity contribution in [3.8, 4) is 10.6 Å². The number of nitrogens with one attached hydrogen (secondary N) is 1. The summed E-state index contributed by atoms with van der Waals surface area (Å²) in [5, 5.41) is 11.5. The first-order valence-corrected chi connectivity index (χ1v) is 10.7. The molecule has 3 heterocycles. The van der Waals surface area contributed by atoms with Crippen LogP contribution in [0.15, 0.2) is 59.1 Å². The van der Waals surface area contributed by atoms with Crippen molar-refractivity contribution in [1.82, 2.24) is 24.6 Å². The second-order valence-corrected chi connectivity index (χ2v) is 8.05. The molecule has 7 heteroatoms. The lowest BCUT2D eigenvalue weighted by atomic mass is 10.1. The van der Waals surface area contributed by atoms with E-state index in [4.69, 9.17) is 4.98 Å². The van der Waals surface area contributed by atoms with Crippen LogP contribution in [0.2, 0.25) is 0 Å². The first-order chi connectivity index (χ1) is 13.3. The largest absolute Gasteiger partial charge is 0.254 e. The fourth-order valence-corrected chi connectivity index (χ4v) is 4.85. The molecule has 0 amide bonds. The van der Waals surface area contributed by atoms with Gasteiger partial charge in [0.15, 0.2) is 5.16 Å². The number of thiazole rings is 1. The highest BCUT2D eigenvalue weighted by Crippen LogP contribution is 2.29. The lowest BCUT2D eigenvalue weighted by Crippen LogP contribution is -1.88. The zero-order valence-electron chi connectivity index (χ0n) is 14.7. The maximum Gasteiger partial charge on any atom is 0.231 e. The number of nitrogens with zero attached hydrogens (tertiary/aromatic N) is 4. The number of rotatable bonds is 5. The SMILES string of the molecule is CCc1ccc(-c2nc(CSc3n[nH]c4nc5ccccc5n34)cs2)cc1. The van der Waals surface area contributed by atoms with Gasteiger partial charge in [-0.15, -0.1) is 16.4 Å². The number of aromatic nitrogens is 5. The Kier molecular flexibility index (Phi) is 4.18. The van der Waals surface area contributed by atoms with Crippen LogP contribution in [0, 0.1) is 0 Å². The fourth-order valence-electron chi connectivity index (χ4n) is 3.07. The van der Waals surface area contributed by atoms with Crippen LogP contribution in [0.5, 0.6) is 0 Å². The van der Waals surface area contributed by atoms with E-state index in [1.54, 1.807) is 23.1 Å². The van der Waals surface area contributed by atoms with Crippen LogP contribution in [-0.2, 0) is 12.2 Å². The first kappa shape index (κ1) is 16.5. The minimum Gasteiger partial charge on any atom is -0.254 e. The topological polar surface area (TPSA) is 58.9 Å². The molecule has 0 aliphatic carbocycles. The minimum atomic E-state index is 0.772. The Morgan fingerprint density at radius 2 is 1.93 bits per heavy atom. The van der Waals surface area contributed by atoms with E-state index in [-0.39, 0.29) is 0 Å². The maximum absolute atomic E-state index is 4.80. The van der Waals surface area contributed by atoms with Crippen LogP contribution >= 0.6 is 23.1 Å². The number of aromatic amines is 1. The van der Waals surface area contributed by atoms with Crippen LogP contribution in [0.3, 0.4) is 0 Å². The quantitative estimate of drug-likeness (QED) is 0.419. The maximum atomic E-state index is 4.80. The third kappa shape index (κ3) is 3.02. The highest BCUT2D eigenvalue weighted by molar-refractivity contribution is 7.98. The molecule has 5 nitrogen and oxygen atoms in total. The summed E-state index contributed by atoms with van der Waals surface area (Å²) < 4.78 is 2.07. The van der Waals surface area contributed by atoms with Gasteiger partial charge >= 0.3 is 0 Å². The summed E-state index contributed by atoms with van der Waals surface area (Å²) in [7, 11) is 0. The Labute approximate surface area is 164 Å². The molecule has 2 aromatic carbocycles. The molecule has 0 atom stereocenters. The van der Waals surface area contributed by atoms with Gasteiger partial charge in [0.1, 0.15) is 5.01 Å². The molecule has 0 aliphatic rings. The van der Waals surface area contributed by atoms with E-state index < -0.39 is 0 Å². The van der Waals surface area contributed by atoms with Crippen LogP contribution in [0.25, 0.3) is 27.4 Å². The average molecular weight is 392 g/mol. The van der Waals surface area contributed by atoms with Crippen LogP contribution in [0.4, 0.5) is 0 Å². The van der Waals surface area contributed by atoms with Crippen LogP contribution in [0.1, 0.15) is 18.2 Å². The van der Waals surface area contributed by atoms with Crippen molar-refractivity contribution < 1.29 is 0 Å². The van der Waals surface area contributed by atoms with Gasteiger partial charge in [-0.25, -0.2) is 15.1 Å². The van der Waals surface area contributed by atoms with Crippen molar-refractivity contribution in [2.75, 3.05) is 0 Å². The van der Waals surface area contributed by atoms with E-state index in [9.17, 15) is 0 Å². The van der Waals surface area contributed by atoms with Crippen molar-refractivity contribution in [2.45, 2.75) is 24.3 Å². The molecule has 0 saturated heterocycles. The smallest absolute Gasteiger partial charge is 0.231 e. The standard InChI is InChI=1S/C20H17N5S2/c1-2-13-7-9-14(10-8-13)18-21-15(11-26-18)12-27-20-24-23-19-22-16-5-3-4-6-17(16)25(19)20/h3-11H,2,12H2,1H3,(H,22,23). The van der Waals surface area contributed by atoms with Gasteiger partial charge < -0.3 is 0 Å². The molecule has 0 radical (unpaired) electrons. The Morgan fingerprint density at radius 1 is 1.07 bits per heavy atom. The number of para-hydroxylation sites is 2. The third-order valence-corrected chi connectivity index (χ3v) is 6.43. The van der Waals surface area contributed by atoms with Gasteiger partial charge in [0.05, 0.1) is 16.7 Å². The molecule has 5 aromatic rings. The highest BCUT2D eigenvalue weighted by Gasteiger charge is 2.13. The second kappa shape index (κ2) is 6.83. The molecule has 0 bridgehead atoms. The predicted molar refractivity (Wildman–Crippen MR) is 111 cm³/mol. The summed E-state index contributed by atoms with van der Waals surface area (Å²) in [4.78, 5) is 9.37. The van der Waals surface area contributed by atoms with Gasteiger partial charge in [-0.3, -0.25) is 4.40 Å². The monoisotopic (exact) mass is 391 g/mol. The first-order valence-electron chi connectivity index (χ1n) is 8.80. The molecule has 134 valence electrons. The number of fused-ring (bicyclic) bond motifs is 3. The highest BCUT2D eigenvalue weighted by atomic mass is 32.2. The number of hydrogen-bond donors (Lipinski definition) is 1. The van der Waals surface area contributed by atoms with E-state index >= 15 is 0 Å². The van der Waals surface area contributed by atoms with Gasteiger partial charge in [-0.1, -0.05) is 55.1 Å². The molecular formula is C20H17N5S2. The number of benzene rings is 2. The Morgan fingerprint density at radius 3 is 2.78 bits per heavy atom. The zero-order valence-corrected chi connectivity index (χ0v) is 16.3. The van der Waals surface area contributed by atoms with Crippen molar-refractivity contribution in [2.24, 2.45) is 0 Å². The van der Waals surface area contributed by atoms with E-state index in [0.29, 0.717) is 0 Å². The summed E-state index contributed by atoms with van der Waals surface area (Å²) in [6.07, 6.45) is 1.06. The summed E-state index contributed by atoms with van der Waals surface area (Å²) in [6.45, 7) is 2.17. The number of H-pyrrole nitrogens is 1. The van der Waals surface area contributed by atoms with Gasteiger partial charge in [0, 0.05) is 16.7 Å². The summed E-state index contributed by atoms with van der Waals surface area (Å²) in [5.74, 6) is 1.55. The molecule has 3 aromatic heterocycles.